The van der Waals surface area contributed by atoms with E-state index in [0.29, 0.717) is 28.4 Å². The number of nitrogens with one attached hydrogen (secondary N) is 1. The van der Waals surface area contributed by atoms with E-state index in [2.05, 4.69) is 15.4 Å². The Balaban J connectivity index is 1.78. The van der Waals surface area contributed by atoms with Gasteiger partial charge in [-0.1, -0.05) is 0 Å². The molecule has 7 nitrogen and oxygen atoms in total. The van der Waals surface area contributed by atoms with Gasteiger partial charge in [0.1, 0.15) is 5.69 Å². The average Bonchev–Trinajstić information content (AvgIpc) is 2.98. The zero-order chi connectivity index (χ0) is 19.4. The lowest BCUT2D eigenvalue weighted by molar-refractivity contribution is 0.102. The molecule has 0 unspecified atom stereocenters. The standard InChI is InChI=1S/C19H18FN5O2/c1-12-14(11-23-25(12)2)19(26)24-13-5-6-17(15(20)10-13)27-18-4-3-9-22-16(18)7-8-21/h3-11H,21H2,1-2H3,(H,24,26). The molecule has 0 aliphatic heterocycles. The fourth-order valence-electron chi connectivity index (χ4n) is 2.41. The van der Waals surface area contributed by atoms with Crippen LogP contribution in [0.2, 0.25) is 0 Å². The number of hydrogen-bond acceptors (Lipinski definition) is 5. The van der Waals surface area contributed by atoms with Gasteiger partial charge in [0.2, 0.25) is 0 Å². The maximum Gasteiger partial charge on any atom is 0.259 e. The van der Waals surface area contributed by atoms with Crippen molar-refractivity contribution in [2.75, 3.05) is 5.32 Å². The maximum absolute atomic E-state index is 14.4. The van der Waals surface area contributed by atoms with Crippen LogP contribution in [-0.2, 0) is 7.05 Å². The van der Waals surface area contributed by atoms with E-state index in [1.165, 1.54) is 24.5 Å². The van der Waals surface area contributed by atoms with Gasteiger partial charge in [-0.2, -0.15) is 5.10 Å². The number of halogens is 1. The van der Waals surface area contributed by atoms with E-state index >= 15 is 0 Å². The van der Waals surface area contributed by atoms with E-state index in [-0.39, 0.29) is 11.7 Å². The summed E-state index contributed by atoms with van der Waals surface area (Å²) in [5.74, 6) is -0.621. The highest BCUT2D eigenvalue weighted by Crippen LogP contribution is 2.29. The Morgan fingerprint density at radius 1 is 1.33 bits per heavy atom. The summed E-state index contributed by atoms with van der Waals surface area (Å²) >= 11 is 0. The van der Waals surface area contributed by atoms with Gasteiger partial charge in [0.25, 0.3) is 5.91 Å². The molecule has 27 heavy (non-hydrogen) atoms. The number of amides is 1. The molecule has 3 aromatic rings. The van der Waals surface area contributed by atoms with Gasteiger partial charge in [-0.25, -0.2) is 4.39 Å². The number of pyridine rings is 1. The normalized spacial score (nSPS) is 10.9. The minimum absolute atomic E-state index is 0.00484. The smallest absolute Gasteiger partial charge is 0.259 e. The molecule has 0 atom stereocenters. The van der Waals surface area contributed by atoms with Crippen molar-refractivity contribution in [1.29, 1.82) is 0 Å². The lowest BCUT2D eigenvalue weighted by Crippen LogP contribution is -2.13. The van der Waals surface area contributed by atoms with Gasteiger partial charge in [0.15, 0.2) is 17.3 Å². The van der Waals surface area contributed by atoms with Crippen molar-refractivity contribution < 1.29 is 13.9 Å². The van der Waals surface area contributed by atoms with Crippen LogP contribution in [0.4, 0.5) is 10.1 Å². The van der Waals surface area contributed by atoms with Crippen LogP contribution in [0.3, 0.4) is 0 Å². The van der Waals surface area contributed by atoms with Crippen molar-refractivity contribution in [2.24, 2.45) is 12.8 Å². The summed E-state index contributed by atoms with van der Waals surface area (Å²) in [6.07, 6.45) is 5.92. The highest BCUT2D eigenvalue weighted by Gasteiger charge is 2.14. The van der Waals surface area contributed by atoms with Gasteiger partial charge in [0, 0.05) is 30.7 Å². The summed E-state index contributed by atoms with van der Waals surface area (Å²) in [7, 11) is 1.74. The second-order valence-corrected chi connectivity index (χ2v) is 5.71. The third kappa shape index (κ3) is 3.95. The molecular formula is C19H18FN5O2. The van der Waals surface area contributed by atoms with E-state index in [4.69, 9.17) is 10.5 Å². The lowest BCUT2D eigenvalue weighted by atomic mass is 10.2. The molecular weight excluding hydrogens is 349 g/mol. The molecule has 0 bridgehead atoms. The van der Waals surface area contributed by atoms with Crippen LogP contribution in [0.1, 0.15) is 21.7 Å². The monoisotopic (exact) mass is 367 g/mol. The second kappa shape index (κ2) is 7.69. The summed E-state index contributed by atoms with van der Waals surface area (Å²) < 4.78 is 21.6. The number of hydrogen-bond donors (Lipinski definition) is 2. The Bertz CT molecular complexity index is 1010. The van der Waals surface area contributed by atoms with Crippen LogP contribution < -0.4 is 15.8 Å². The van der Waals surface area contributed by atoms with Gasteiger partial charge < -0.3 is 15.8 Å². The second-order valence-electron chi connectivity index (χ2n) is 5.71. The molecule has 2 heterocycles. The maximum atomic E-state index is 14.4. The molecule has 0 aliphatic rings. The number of aryl methyl sites for hydroxylation is 1. The predicted molar refractivity (Wildman–Crippen MR) is 99.8 cm³/mol. The molecule has 1 aromatic carbocycles. The van der Waals surface area contributed by atoms with Crippen molar-refractivity contribution >= 4 is 17.7 Å². The summed E-state index contributed by atoms with van der Waals surface area (Å²) in [6.45, 7) is 1.78. The van der Waals surface area contributed by atoms with Crippen LogP contribution in [-0.4, -0.2) is 20.7 Å². The Labute approximate surface area is 155 Å². The zero-order valence-electron chi connectivity index (χ0n) is 14.8. The quantitative estimate of drug-likeness (QED) is 0.722. The first-order chi connectivity index (χ1) is 13.0. The molecule has 0 radical (unpaired) electrons. The van der Waals surface area contributed by atoms with E-state index < -0.39 is 5.82 Å². The number of anilines is 1. The van der Waals surface area contributed by atoms with Crippen molar-refractivity contribution in [3.63, 3.8) is 0 Å². The molecule has 0 aliphatic carbocycles. The van der Waals surface area contributed by atoms with E-state index in [1.54, 1.807) is 49.1 Å². The van der Waals surface area contributed by atoms with Crippen LogP contribution in [0.15, 0.2) is 48.9 Å². The van der Waals surface area contributed by atoms with Crippen LogP contribution in [0, 0.1) is 12.7 Å². The van der Waals surface area contributed by atoms with Gasteiger partial charge in [-0.3, -0.25) is 14.5 Å². The Morgan fingerprint density at radius 3 is 2.81 bits per heavy atom. The molecule has 2 aromatic heterocycles. The summed E-state index contributed by atoms with van der Waals surface area (Å²) in [5, 5.41) is 6.67. The molecule has 3 rings (SSSR count). The molecule has 0 spiro atoms. The number of carbonyl (C=O) groups is 1. The van der Waals surface area contributed by atoms with E-state index in [1.807, 2.05) is 0 Å². The Morgan fingerprint density at radius 2 is 2.15 bits per heavy atom. The number of aromatic nitrogens is 3. The summed E-state index contributed by atoms with van der Waals surface area (Å²) in [4.78, 5) is 16.4. The number of carbonyl (C=O) groups excluding carboxylic acids is 1. The Kier molecular flexibility index (Phi) is 5.16. The predicted octanol–water partition coefficient (Wildman–Crippen LogP) is 3.24. The van der Waals surface area contributed by atoms with Crippen LogP contribution >= 0.6 is 0 Å². The number of nitrogens with two attached hydrogens (primary N) is 1. The van der Waals surface area contributed by atoms with Gasteiger partial charge >= 0.3 is 0 Å². The molecule has 3 N–H and O–H groups in total. The first-order valence-electron chi connectivity index (χ1n) is 8.10. The van der Waals surface area contributed by atoms with Gasteiger partial charge in [-0.15, -0.1) is 0 Å². The largest absolute Gasteiger partial charge is 0.452 e. The minimum atomic E-state index is -0.623. The number of rotatable bonds is 5. The highest BCUT2D eigenvalue weighted by atomic mass is 19.1. The number of ether oxygens (including phenoxy) is 1. The number of benzene rings is 1. The summed E-state index contributed by atoms with van der Waals surface area (Å²) in [5.41, 5.74) is 7.30. The van der Waals surface area contributed by atoms with Gasteiger partial charge in [0.05, 0.1) is 11.8 Å². The fraction of sp³-hybridized carbons (Fsp3) is 0.105. The average molecular weight is 367 g/mol. The van der Waals surface area contributed by atoms with E-state index in [9.17, 15) is 9.18 Å². The minimum Gasteiger partial charge on any atom is -0.452 e. The Hall–Kier alpha value is -3.68. The third-order valence-corrected chi connectivity index (χ3v) is 3.94. The summed E-state index contributed by atoms with van der Waals surface area (Å²) in [6, 6.07) is 7.50. The molecule has 0 fully saturated rings. The SMILES string of the molecule is Cc1c(C(=O)Nc2ccc(Oc3cccnc3C=CN)c(F)c2)cnn1C. The molecule has 0 saturated carbocycles. The van der Waals surface area contributed by atoms with Crippen LogP contribution in [0.25, 0.3) is 6.08 Å². The molecule has 0 saturated heterocycles. The van der Waals surface area contributed by atoms with E-state index in [0.717, 1.165) is 0 Å². The van der Waals surface area contributed by atoms with Crippen molar-refractivity contribution in [3.05, 3.63) is 71.7 Å². The molecule has 8 heteroatoms. The van der Waals surface area contributed by atoms with Crippen LogP contribution in [0.5, 0.6) is 11.5 Å². The first kappa shape index (κ1) is 18.1. The number of nitrogens with zero attached hydrogens (tertiary/aromatic N) is 3. The van der Waals surface area contributed by atoms with Crippen molar-refractivity contribution in [1.82, 2.24) is 14.8 Å². The lowest BCUT2D eigenvalue weighted by Gasteiger charge is -2.10. The highest BCUT2D eigenvalue weighted by molar-refractivity contribution is 6.04. The first-order valence-corrected chi connectivity index (χ1v) is 8.10. The zero-order valence-corrected chi connectivity index (χ0v) is 14.8. The third-order valence-electron chi connectivity index (χ3n) is 3.94. The fourth-order valence-corrected chi connectivity index (χ4v) is 2.41. The van der Waals surface area contributed by atoms with Gasteiger partial charge in [-0.05, 0) is 43.5 Å². The molecule has 138 valence electrons. The molecule has 1 amide bonds. The van der Waals surface area contributed by atoms with Crippen molar-refractivity contribution in [3.8, 4) is 11.5 Å². The topological polar surface area (TPSA) is 95.1 Å². The van der Waals surface area contributed by atoms with Crippen molar-refractivity contribution in [2.45, 2.75) is 6.92 Å².